The number of carbonyl (C=O) groups is 2. The average molecular weight is 499 g/mol. The van der Waals surface area contributed by atoms with E-state index in [0.717, 1.165) is 57.8 Å². The van der Waals surface area contributed by atoms with Gasteiger partial charge in [-0.15, -0.1) is 0 Å². The Bertz CT molecular complexity index is 992. The highest BCUT2D eigenvalue weighted by molar-refractivity contribution is 5.76. The highest BCUT2D eigenvalue weighted by Crippen LogP contribution is 2.76. The predicted octanol–water partition coefficient (Wildman–Crippen LogP) is 7.66. The van der Waals surface area contributed by atoms with Crippen LogP contribution in [0, 0.1) is 56.2 Å². The van der Waals surface area contributed by atoms with Gasteiger partial charge in [0, 0.05) is 0 Å². The van der Waals surface area contributed by atoms with Gasteiger partial charge in [0.05, 0.1) is 18.4 Å². The molecule has 0 aromatic carbocycles. The summed E-state index contributed by atoms with van der Waals surface area (Å²) in [6.45, 7) is 16.9. The maximum Gasteiger partial charge on any atom is 0.310 e. The van der Waals surface area contributed by atoms with Gasteiger partial charge in [0.15, 0.2) is 0 Å². The van der Waals surface area contributed by atoms with Crippen molar-refractivity contribution in [2.75, 3.05) is 7.11 Å². The molecule has 5 aliphatic carbocycles. The van der Waals surface area contributed by atoms with Gasteiger partial charge in [0.2, 0.25) is 0 Å². The van der Waals surface area contributed by atoms with Crippen molar-refractivity contribution in [2.45, 2.75) is 113 Å². The summed E-state index contributed by atoms with van der Waals surface area (Å²) in [5, 5.41) is 10.5. The monoisotopic (exact) mass is 498 g/mol. The normalized spacial score (nSPS) is 48.8. The molecule has 5 aliphatic rings. The zero-order valence-electron chi connectivity index (χ0n) is 24.1. The van der Waals surface area contributed by atoms with Crippen LogP contribution in [0.5, 0.6) is 0 Å². The number of aliphatic carboxylic acids is 1. The van der Waals surface area contributed by atoms with E-state index in [1.54, 1.807) is 0 Å². The van der Waals surface area contributed by atoms with Gasteiger partial charge < -0.3 is 9.84 Å². The number of carboxylic acid groups (broad SMARTS) is 1. The summed E-state index contributed by atoms with van der Waals surface area (Å²) in [6.07, 6.45) is 12.5. The molecule has 4 heteroatoms. The van der Waals surface area contributed by atoms with E-state index >= 15 is 0 Å². The van der Waals surface area contributed by atoms with Crippen molar-refractivity contribution in [3.05, 3.63) is 11.6 Å². The van der Waals surface area contributed by atoms with Crippen LogP contribution in [0.15, 0.2) is 11.6 Å². The van der Waals surface area contributed by atoms with E-state index in [-0.39, 0.29) is 44.9 Å². The number of hydrogen-bond acceptors (Lipinski definition) is 3. The Morgan fingerprint density at radius 1 is 0.889 bits per heavy atom. The van der Waals surface area contributed by atoms with Gasteiger partial charge in [-0.1, -0.05) is 60.1 Å². The van der Waals surface area contributed by atoms with Crippen molar-refractivity contribution in [1.82, 2.24) is 0 Å². The molecule has 0 spiro atoms. The fourth-order valence-corrected chi connectivity index (χ4v) is 11.2. The number of hydrogen-bond donors (Lipinski definition) is 1. The van der Waals surface area contributed by atoms with Crippen LogP contribution >= 0.6 is 0 Å². The van der Waals surface area contributed by atoms with Gasteiger partial charge in [-0.3, -0.25) is 9.59 Å². The third kappa shape index (κ3) is 3.17. The second-order valence-electron chi connectivity index (χ2n) is 15.6. The van der Waals surface area contributed by atoms with Crippen molar-refractivity contribution in [2.24, 2.45) is 56.2 Å². The first kappa shape index (κ1) is 26.3. The predicted molar refractivity (Wildman–Crippen MR) is 142 cm³/mol. The number of allylic oxidation sites excluding steroid dienone is 2. The molecule has 1 N–H and O–H groups in total. The first-order valence-corrected chi connectivity index (χ1v) is 14.6. The van der Waals surface area contributed by atoms with Crippen LogP contribution in [0.1, 0.15) is 113 Å². The van der Waals surface area contributed by atoms with E-state index in [1.807, 2.05) is 0 Å². The summed E-state index contributed by atoms with van der Waals surface area (Å²) in [6, 6.07) is 0. The van der Waals surface area contributed by atoms with E-state index in [0.29, 0.717) is 11.8 Å². The van der Waals surface area contributed by atoms with Crippen molar-refractivity contribution >= 4 is 11.9 Å². The Kier molecular flexibility index (Phi) is 5.74. The smallest absolute Gasteiger partial charge is 0.310 e. The van der Waals surface area contributed by atoms with Crippen molar-refractivity contribution in [1.29, 1.82) is 0 Å². The van der Waals surface area contributed by atoms with Crippen molar-refractivity contribution in [3.63, 3.8) is 0 Å². The number of fused-ring (bicyclic) bond motifs is 7. The minimum Gasteiger partial charge on any atom is -0.481 e. The van der Waals surface area contributed by atoms with Crippen LogP contribution in [0.4, 0.5) is 0 Å². The summed E-state index contributed by atoms with van der Waals surface area (Å²) in [5.41, 5.74) is 1.41. The second kappa shape index (κ2) is 7.85. The third-order valence-electron chi connectivity index (χ3n) is 13.6. The average Bonchev–Trinajstić information content (AvgIpc) is 2.78. The zero-order chi connectivity index (χ0) is 26.5. The van der Waals surface area contributed by atoms with Crippen molar-refractivity contribution < 1.29 is 19.4 Å². The molecule has 0 heterocycles. The highest BCUT2D eigenvalue weighted by atomic mass is 16.5. The number of methoxy groups -OCH3 is 1. The van der Waals surface area contributed by atoms with Gasteiger partial charge in [-0.05, 0) is 109 Å². The fraction of sp³-hybridized carbons (Fsp3) is 0.875. The molecule has 8 unspecified atom stereocenters. The van der Waals surface area contributed by atoms with Gasteiger partial charge >= 0.3 is 11.9 Å². The van der Waals surface area contributed by atoms with Gasteiger partial charge in [-0.25, -0.2) is 0 Å². The lowest BCUT2D eigenvalue weighted by Crippen LogP contribution is -2.65. The van der Waals surface area contributed by atoms with Gasteiger partial charge in [-0.2, -0.15) is 0 Å². The van der Waals surface area contributed by atoms with Gasteiger partial charge in [0.1, 0.15) is 0 Å². The Balaban J connectivity index is 1.56. The first-order valence-electron chi connectivity index (χ1n) is 14.6. The standard InChI is InChI=1S/C32H50O4/c1-27(2)15-17-32(26(34)35)18-16-30(6)20(22(32)19-27)9-10-24-29(5)13-11-21(25(33)36-8)28(3,4)23(29)12-14-31(24,30)7/h9,21-24H,10-19H2,1-8H3,(H,34,35). The van der Waals surface area contributed by atoms with E-state index in [9.17, 15) is 14.7 Å². The minimum absolute atomic E-state index is 0.0226. The Hall–Kier alpha value is -1.32. The summed E-state index contributed by atoms with van der Waals surface area (Å²) in [5.74, 6) is 0.596. The summed E-state index contributed by atoms with van der Waals surface area (Å²) >= 11 is 0. The quantitative estimate of drug-likeness (QED) is 0.313. The molecule has 0 radical (unpaired) electrons. The summed E-state index contributed by atoms with van der Waals surface area (Å²) in [4.78, 5) is 25.6. The second-order valence-corrected chi connectivity index (χ2v) is 15.6. The van der Waals surface area contributed by atoms with Crippen LogP contribution in [0.3, 0.4) is 0 Å². The Morgan fingerprint density at radius 2 is 1.56 bits per heavy atom. The molecule has 4 fully saturated rings. The number of rotatable bonds is 2. The Morgan fingerprint density at radius 3 is 2.19 bits per heavy atom. The number of ether oxygens (including phenoxy) is 1. The largest absolute Gasteiger partial charge is 0.481 e. The highest BCUT2D eigenvalue weighted by Gasteiger charge is 2.69. The molecule has 4 nitrogen and oxygen atoms in total. The molecular formula is C32H50O4. The molecule has 0 bridgehead atoms. The Labute approximate surface area is 219 Å². The number of carbonyl (C=O) groups excluding carboxylic acids is 1. The summed E-state index contributed by atoms with van der Waals surface area (Å²) in [7, 11) is 1.53. The van der Waals surface area contributed by atoms with Crippen LogP contribution in [0.2, 0.25) is 0 Å². The minimum atomic E-state index is -0.578. The lowest BCUT2D eigenvalue weighted by atomic mass is 9.33. The van der Waals surface area contributed by atoms with Crippen LogP contribution in [-0.2, 0) is 14.3 Å². The van der Waals surface area contributed by atoms with Crippen LogP contribution in [0.25, 0.3) is 0 Å². The lowest BCUT2D eigenvalue weighted by molar-refractivity contribution is -0.202. The molecule has 36 heavy (non-hydrogen) atoms. The topological polar surface area (TPSA) is 63.6 Å². The SMILES string of the molecule is COC(=O)C1CCC2(C)C(CCC3(C)C2CC=C2C4CC(C)(C)CCC4(C(=O)O)CCC23C)C1(C)C. The third-order valence-corrected chi connectivity index (χ3v) is 13.6. The van der Waals surface area contributed by atoms with E-state index in [1.165, 1.54) is 19.1 Å². The maximum atomic E-state index is 12.8. The zero-order valence-corrected chi connectivity index (χ0v) is 24.1. The number of carboxylic acids is 1. The van der Waals surface area contributed by atoms with Gasteiger partial charge in [0.25, 0.3) is 0 Å². The fourth-order valence-electron chi connectivity index (χ4n) is 11.2. The van der Waals surface area contributed by atoms with E-state index in [2.05, 4.69) is 54.5 Å². The molecule has 0 saturated heterocycles. The molecular weight excluding hydrogens is 448 g/mol. The lowest BCUT2D eigenvalue weighted by Gasteiger charge is -2.71. The van der Waals surface area contributed by atoms with E-state index < -0.39 is 11.4 Å². The molecule has 0 aliphatic heterocycles. The first-order chi connectivity index (χ1) is 16.6. The number of esters is 1. The molecule has 5 rings (SSSR count). The van der Waals surface area contributed by atoms with Crippen LogP contribution in [-0.4, -0.2) is 24.2 Å². The molecule has 8 atom stereocenters. The molecule has 0 amide bonds. The van der Waals surface area contributed by atoms with Crippen molar-refractivity contribution in [3.8, 4) is 0 Å². The molecule has 0 aromatic rings. The molecule has 4 saturated carbocycles. The maximum absolute atomic E-state index is 12.8. The molecule has 202 valence electrons. The summed E-state index contributed by atoms with van der Waals surface area (Å²) < 4.78 is 5.25. The molecule has 0 aromatic heterocycles. The van der Waals surface area contributed by atoms with Crippen LogP contribution < -0.4 is 0 Å². The van der Waals surface area contributed by atoms with E-state index in [4.69, 9.17) is 4.74 Å².